The van der Waals surface area contributed by atoms with Gasteiger partial charge in [0, 0.05) is 19.4 Å². The lowest BCUT2D eigenvalue weighted by Gasteiger charge is -2.19. The molecule has 0 amide bonds. The van der Waals surface area contributed by atoms with Crippen LogP contribution in [0.4, 0.5) is 0 Å². The van der Waals surface area contributed by atoms with E-state index < -0.39 is 38.6 Å². The standard InChI is InChI=1S/C47H78NO9P/c1-3-5-7-8-9-10-11-12-13-14-15-18-22-25-28-31-35-39-47(51)57-45(43-56-58(52,53)55-41-40-48)42-54-46(50)38-34-30-27-24-21-19-16-17-20-23-26-29-33-37-44(49)36-32-6-4-2/h6,9-10,12-13,17,19-21,26-27,29-30,32-33,37,44-45,49H,3-5,7-8,11,14-16,18,22-25,28,31,34-36,38-43,48H2,1-2H3,(H,52,53)/b10-9-,13-12-,20-17-,21-19-,29-26+,30-27-,32-6-,37-33+/t44?,45-/m1/s1. The van der Waals surface area contributed by atoms with Crippen LogP contribution in [0.25, 0.3) is 0 Å². The molecule has 58 heavy (non-hydrogen) atoms. The Balaban J connectivity index is 4.34. The van der Waals surface area contributed by atoms with Gasteiger partial charge in [-0.2, -0.15) is 0 Å². The summed E-state index contributed by atoms with van der Waals surface area (Å²) in [5.41, 5.74) is 5.34. The quantitative estimate of drug-likeness (QED) is 0.0179. The fraction of sp³-hybridized carbons (Fsp3) is 0.617. The fourth-order valence-corrected chi connectivity index (χ4v) is 6.07. The summed E-state index contributed by atoms with van der Waals surface area (Å²) < 4.78 is 32.7. The van der Waals surface area contributed by atoms with Crippen molar-refractivity contribution < 1.29 is 42.7 Å². The topological polar surface area (TPSA) is 155 Å². The number of ether oxygens (including phenoxy) is 2. The molecule has 0 radical (unpaired) electrons. The van der Waals surface area contributed by atoms with Gasteiger partial charge in [0.1, 0.15) is 6.61 Å². The van der Waals surface area contributed by atoms with Gasteiger partial charge in [0.25, 0.3) is 0 Å². The molecule has 0 fully saturated rings. The molecular formula is C47H78NO9P. The lowest BCUT2D eigenvalue weighted by Crippen LogP contribution is -2.29. The first-order valence-electron chi connectivity index (χ1n) is 21.8. The third-order valence-corrected chi connectivity index (χ3v) is 9.53. The maximum Gasteiger partial charge on any atom is 0.472 e. The number of aliphatic hydroxyl groups excluding tert-OH is 1. The van der Waals surface area contributed by atoms with E-state index in [0.717, 1.165) is 57.8 Å². The highest BCUT2D eigenvalue weighted by Gasteiger charge is 2.25. The lowest BCUT2D eigenvalue weighted by molar-refractivity contribution is -0.161. The van der Waals surface area contributed by atoms with E-state index in [2.05, 4.69) is 62.5 Å². The van der Waals surface area contributed by atoms with Crippen molar-refractivity contribution in [3.05, 3.63) is 97.2 Å². The maximum atomic E-state index is 12.6. The molecule has 0 aliphatic carbocycles. The van der Waals surface area contributed by atoms with Crippen molar-refractivity contribution in [3.63, 3.8) is 0 Å². The summed E-state index contributed by atoms with van der Waals surface area (Å²) in [5, 5.41) is 9.83. The second-order valence-corrected chi connectivity index (χ2v) is 15.5. The number of nitrogens with two attached hydrogens (primary N) is 1. The molecule has 10 nitrogen and oxygen atoms in total. The number of hydrogen-bond acceptors (Lipinski definition) is 9. The smallest absolute Gasteiger partial charge is 0.462 e. The van der Waals surface area contributed by atoms with E-state index in [1.54, 1.807) is 6.08 Å². The van der Waals surface area contributed by atoms with E-state index >= 15 is 0 Å². The first kappa shape index (κ1) is 54.9. The Kier molecular flexibility index (Phi) is 39.8. The van der Waals surface area contributed by atoms with E-state index in [0.29, 0.717) is 19.3 Å². The summed E-state index contributed by atoms with van der Waals surface area (Å²) in [4.78, 5) is 34.9. The summed E-state index contributed by atoms with van der Waals surface area (Å²) in [5.74, 6) is -0.966. The molecule has 11 heteroatoms. The minimum atomic E-state index is -4.41. The van der Waals surface area contributed by atoms with Crippen LogP contribution < -0.4 is 5.73 Å². The molecule has 0 aromatic heterocycles. The van der Waals surface area contributed by atoms with Crippen molar-refractivity contribution in [1.29, 1.82) is 0 Å². The Morgan fingerprint density at radius 2 is 1.19 bits per heavy atom. The third-order valence-electron chi connectivity index (χ3n) is 8.55. The molecule has 0 saturated heterocycles. The van der Waals surface area contributed by atoms with Gasteiger partial charge in [-0.15, -0.1) is 0 Å². The molecule has 0 aromatic rings. The van der Waals surface area contributed by atoms with Gasteiger partial charge in [-0.1, -0.05) is 156 Å². The monoisotopic (exact) mass is 832 g/mol. The Labute approximate surface area is 351 Å². The summed E-state index contributed by atoms with van der Waals surface area (Å²) >= 11 is 0. The second-order valence-electron chi connectivity index (χ2n) is 14.0. The SMILES string of the molecule is CC/C=C\CC(O)/C=C/C=C/C/C=C\C/C=C\C/C=C\CCC(=O)OC[C@H](COP(=O)(O)OCCN)OC(=O)CCCCCCCCC/C=C\C/C=C\CCCCC. The Morgan fingerprint density at radius 1 is 0.621 bits per heavy atom. The molecule has 0 heterocycles. The van der Waals surface area contributed by atoms with Gasteiger partial charge >= 0.3 is 19.8 Å². The third kappa shape index (κ3) is 41.1. The Hall–Kier alpha value is -3.11. The zero-order valence-electron chi connectivity index (χ0n) is 35.8. The molecule has 4 N–H and O–H groups in total. The van der Waals surface area contributed by atoms with Crippen molar-refractivity contribution in [1.82, 2.24) is 0 Å². The molecule has 2 unspecified atom stereocenters. The van der Waals surface area contributed by atoms with Gasteiger partial charge in [0.05, 0.1) is 19.3 Å². The normalized spacial score (nSPS) is 14.8. The van der Waals surface area contributed by atoms with Gasteiger partial charge in [-0.05, 0) is 77.0 Å². The van der Waals surface area contributed by atoms with Crippen molar-refractivity contribution in [2.45, 2.75) is 161 Å². The average molecular weight is 832 g/mol. The first-order chi connectivity index (χ1) is 28.2. The molecular weight excluding hydrogens is 753 g/mol. The van der Waals surface area contributed by atoms with Crippen LogP contribution in [-0.4, -0.2) is 60.5 Å². The molecule has 3 atom stereocenters. The van der Waals surface area contributed by atoms with Crippen molar-refractivity contribution in [2.24, 2.45) is 5.73 Å². The van der Waals surface area contributed by atoms with Gasteiger partial charge in [0.15, 0.2) is 6.10 Å². The van der Waals surface area contributed by atoms with Crippen LogP contribution in [0.2, 0.25) is 0 Å². The van der Waals surface area contributed by atoms with Crippen LogP contribution in [0, 0.1) is 0 Å². The number of esters is 2. The fourth-order valence-electron chi connectivity index (χ4n) is 5.30. The maximum absolute atomic E-state index is 12.6. The van der Waals surface area contributed by atoms with E-state index in [1.165, 1.54) is 44.9 Å². The number of carbonyl (C=O) groups is 2. The molecule has 0 saturated carbocycles. The second kappa shape index (κ2) is 42.0. The molecule has 330 valence electrons. The highest BCUT2D eigenvalue weighted by Crippen LogP contribution is 2.43. The predicted molar refractivity (Wildman–Crippen MR) is 239 cm³/mol. The van der Waals surface area contributed by atoms with Gasteiger partial charge in [-0.3, -0.25) is 18.6 Å². The highest BCUT2D eigenvalue weighted by atomic mass is 31.2. The number of carbonyl (C=O) groups excluding carboxylic acids is 2. The van der Waals surface area contributed by atoms with Crippen molar-refractivity contribution in [2.75, 3.05) is 26.4 Å². The van der Waals surface area contributed by atoms with Crippen LogP contribution in [0.3, 0.4) is 0 Å². The summed E-state index contributed by atoms with van der Waals surface area (Å²) in [7, 11) is -4.41. The number of aliphatic hydroxyl groups is 1. The molecule has 0 bridgehead atoms. The van der Waals surface area contributed by atoms with Gasteiger partial charge in [0.2, 0.25) is 0 Å². The van der Waals surface area contributed by atoms with Crippen LogP contribution in [-0.2, 0) is 32.7 Å². The zero-order valence-corrected chi connectivity index (χ0v) is 36.7. The van der Waals surface area contributed by atoms with Crippen molar-refractivity contribution >= 4 is 19.8 Å². The minimum absolute atomic E-state index is 0.0311. The van der Waals surface area contributed by atoms with Gasteiger partial charge in [-0.25, -0.2) is 4.57 Å². The highest BCUT2D eigenvalue weighted by molar-refractivity contribution is 7.47. The number of unbranched alkanes of at least 4 members (excludes halogenated alkanes) is 10. The van der Waals surface area contributed by atoms with E-state index in [-0.39, 0.29) is 32.6 Å². The summed E-state index contributed by atoms with van der Waals surface area (Å²) in [6.45, 7) is 3.37. The van der Waals surface area contributed by atoms with Crippen LogP contribution in [0.5, 0.6) is 0 Å². The van der Waals surface area contributed by atoms with Gasteiger partial charge < -0.3 is 25.2 Å². The Morgan fingerprint density at radius 3 is 1.81 bits per heavy atom. The Bertz CT molecular complexity index is 1280. The summed E-state index contributed by atoms with van der Waals surface area (Å²) in [6, 6.07) is 0. The predicted octanol–water partition coefficient (Wildman–Crippen LogP) is 11.6. The minimum Gasteiger partial charge on any atom is -0.462 e. The van der Waals surface area contributed by atoms with Crippen molar-refractivity contribution in [3.8, 4) is 0 Å². The van der Waals surface area contributed by atoms with E-state index in [1.807, 2.05) is 42.5 Å². The molecule has 0 spiro atoms. The number of hydrogen-bond donors (Lipinski definition) is 3. The molecule has 0 rings (SSSR count). The number of phosphoric acid groups is 1. The zero-order chi connectivity index (χ0) is 42.6. The van der Waals surface area contributed by atoms with E-state index in [9.17, 15) is 24.2 Å². The summed E-state index contributed by atoms with van der Waals surface area (Å²) in [6.07, 6.45) is 50.6. The van der Waals surface area contributed by atoms with Crippen LogP contribution in [0.15, 0.2) is 97.2 Å². The lowest BCUT2D eigenvalue weighted by atomic mass is 10.1. The van der Waals surface area contributed by atoms with Crippen LogP contribution >= 0.6 is 7.82 Å². The number of allylic oxidation sites excluding steroid dienone is 14. The molecule has 0 aliphatic rings. The van der Waals surface area contributed by atoms with E-state index in [4.69, 9.17) is 24.3 Å². The number of phosphoric ester groups is 1. The average Bonchev–Trinajstić information content (AvgIpc) is 3.20. The van der Waals surface area contributed by atoms with Crippen LogP contribution in [0.1, 0.15) is 149 Å². The largest absolute Gasteiger partial charge is 0.472 e. The molecule has 0 aromatic carbocycles. The first-order valence-corrected chi connectivity index (χ1v) is 23.3. The number of rotatable bonds is 39. The molecule has 0 aliphatic heterocycles.